The van der Waals surface area contributed by atoms with Gasteiger partial charge in [0.2, 0.25) is 5.91 Å². The van der Waals surface area contributed by atoms with Crippen LogP contribution in [0.3, 0.4) is 0 Å². The SMILES string of the molecule is CC(C)(O)C(=O)NCC(=O)Nc1cccc(-c2ccc(Oc3ccc(F)cc3)cc2)n1.Cc1cnc[nH]1. The average Bonchev–Trinajstić information content (AvgIpc) is 3.35. The number of aromatic amines is 1. The van der Waals surface area contributed by atoms with Crippen LogP contribution in [-0.2, 0) is 9.59 Å². The molecule has 0 aliphatic rings. The summed E-state index contributed by atoms with van der Waals surface area (Å²) in [7, 11) is 0. The van der Waals surface area contributed by atoms with Crippen molar-refractivity contribution in [2.24, 2.45) is 0 Å². The number of pyridine rings is 1. The molecular formula is C27H28FN5O4. The van der Waals surface area contributed by atoms with Gasteiger partial charge in [-0.25, -0.2) is 14.4 Å². The molecule has 0 unspecified atom stereocenters. The number of H-pyrrole nitrogens is 1. The van der Waals surface area contributed by atoms with Gasteiger partial charge in [0.1, 0.15) is 28.7 Å². The first-order valence-corrected chi connectivity index (χ1v) is 11.4. The number of hydrogen-bond donors (Lipinski definition) is 4. The predicted molar refractivity (Wildman–Crippen MR) is 137 cm³/mol. The van der Waals surface area contributed by atoms with E-state index < -0.39 is 17.4 Å². The van der Waals surface area contributed by atoms with Crippen molar-refractivity contribution in [1.82, 2.24) is 20.3 Å². The van der Waals surface area contributed by atoms with E-state index in [1.807, 2.05) is 19.1 Å². The second-order valence-electron chi connectivity index (χ2n) is 8.51. The van der Waals surface area contributed by atoms with Gasteiger partial charge in [0.25, 0.3) is 5.91 Å². The molecule has 192 valence electrons. The molecule has 2 heterocycles. The maximum atomic E-state index is 13.0. The van der Waals surface area contributed by atoms with Crippen LogP contribution in [0.15, 0.2) is 79.3 Å². The first-order chi connectivity index (χ1) is 17.6. The maximum Gasteiger partial charge on any atom is 0.251 e. The molecule has 0 aliphatic carbocycles. The molecule has 0 saturated heterocycles. The number of anilines is 1. The summed E-state index contributed by atoms with van der Waals surface area (Å²) in [5, 5.41) is 14.5. The van der Waals surface area contributed by atoms with Crippen molar-refractivity contribution in [2.75, 3.05) is 11.9 Å². The molecule has 0 aliphatic heterocycles. The number of hydrogen-bond acceptors (Lipinski definition) is 6. The van der Waals surface area contributed by atoms with E-state index in [9.17, 15) is 19.1 Å². The van der Waals surface area contributed by atoms with E-state index in [1.165, 1.54) is 26.0 Å². The minimum Gasteiger partial charge on any atom is -0.457 e. The van der Waals surface area contributed by atoms with Gasteiger partial charge in [0, 0.05) is 17.5 Å². The fourth-order valence-electron chi connectivity index (χ4n) is 2.89. The smallest absolute Gasteiger partial charge is 0.251 e. The Kier molecular flexibility index (Phi) is 9.06. The third kappa shape index (κ3) is 8.86. The van der Waals surface area contributed by atoms with Crippen molar-refractivity contribution in [3.05, 3.63) is 90.8 Å². The van der Waals surface area contributed by atoms with Crippen molar-refractivity contribution in [3.63, 3.8) is 0 Å². The van der Waals surface area contributed by atoms with E-state index in [0.29, 0.717) is 23.0 Å². The number of ether oxygens (including phenoxy) is 1. The van der Waals surface area contributed by atoms with Gasteiger partial charge in [0.05, 0.1) is 18.6 Å². The summed E-state index contributed by atoms with van der Waals surface area (Å²) >= 11 is 0. The zero-order chi connectivity index (χ0) is 26.8. The van der Waals surface area contributed by atoms with Gasteiger partial charge in [-0.2, -0.15) is 0 Å². The zero-order valence-electron chi connectivity index (χ0n) is 20.7. The third-order valence-corrected chi connectivity index (χ3v) is 4.82. The Hall–Kier alpha value is -4.57. The Morgan fingerprint density at radius 1 is 1.03 bits per heavy atom. The van der Waals surface area contributed by atoms with Crippen LogP contribution in [0.1, 0.15) is 19.5 Å². The molecule has 0 bridgehead atoms. The lowest BCUT2D eigenvalue weighted by atomic mass is 10.1. The summed E-state index contributed by atoms with van der Waals surface area (Å²) < 4.78 is 18.7. The minimum atomic E-state index is -1.56. The topological polar surface area (TPSA) is 129 Å². The van der Waals surface area contributed by atoms with E-state index >= 15 is 0 Å². The highest BCUT2D eigenvalue weighted by Gasteiger charge is 2.23. The number of nitrogens with one attached hydrogen (secondary N) is 3. The number of aryl methyl sites for hydroxylation is 1. The van der Waals surface area contributed by atoms with Gasteiger partial charge in [-0.1, -0.05) is 6.07 Å². The molecule has 2 aromatic heterocycles. The molecule has 0 fully saturated rings. The van der Waals surface area contributed by atoms with Crippen molar-refractivity contribution in [3.8, 4) is 22.8 Å². The van der Waals surface area contributed by atoms with Crippen LogP contribution in [0.4, 0.5) is 10.2 Å². The summed E-state index contributed by atoms with van der Waals surface area (Å²) in [6.07, 6.45) is 3.44. The number of benzene rings is 2. The molecule has 0 spiro atoms. The van der Waals surface area contributed by atoms with E-state index in [2.05, 4.69) is 25.6 Å². The lowest BCUT2D eigenvalue weighted by molar-refractivity contribution is -0.137. The third-order valence-electron chi connectivity index (χ3n) is 4.82. The van der Waals surface area contributed by atoms with E-state index in [4.69, 9.17) is 4.74 Å². The molecule has 2 aromatic carbocycles. The van der Waals surface area contributed by atoms with Gasteiger partial charge >= 0.3 is 0 Å². The predicted octanol–water partition coefficient (Wildman–Crippen LogP) is 4.22. The molecule has 2 amide bonds. The average molecular weight is 506 g/mol. The number of amides is 2. The van der Waals surface area contributed by atoms with Crippen LogP contribution >= 0.6 is 0 Å². The number of aromatic nitrogens is 3. The highest BCUT2D eigenvalue weighted by Crippen LogP contribution is 2.25. The molecule has 0 radical (unpaired) electrons. The molecule has 9 nitrogen and oxygen atoms in total. The fourth-order valence-corrected chi connectivity index (χ4v) is 2.89. The molecule has 4 N–H and O–H groups in total. The number of carbonyl (C=O) groups is 2. The summed E-state index contributed by atoms with van der Waals surface area (Å²) in [5.41, 5.74) is 0.977. The second kappa shape index (κ2) is 12.4. The monoisotopic (exact) mass is 505 g/mol. The first-order valence-electron chi connectivity index (χ1n) is 11.4. The van der Waals surface area contributed by atoms with Crippen molar-refractivity contribution >= 4 is 17.6 Å². The van der Waals surface area contributed by atoms with Crippen LogP contribution in [0, 0.1) is 12.7 Å². The number of carbonyl (C=O) groups excluding carboxylic acids is 2. The normalized spacial score (nSPS) is 10.6. The summed E-state index contributed by atoms with van der Waals surface area (Å²) in [6, 6.07) is 18.1. The molecule has 10 heteroatoms. The standard InChI is InChI=1S/C23H22FN3O4.C4H6N2/c1-23(2,30)22(29)25-14-21(28)27-20-5-3-4-19(26-20)15-6-10-17(11-7-15)31-18-12-8-16(24)9-13-18;1-4-2-5-3-6-4/h3-13,30H,14H2,1-2H3,(H,25,29)(H,26,27,28);2-3H,1H3,(H,5,6). The van der Waals surface area contributed by atoms with E-state index in [-0.39, 0.29) is 12.4 Å². The highest BCUT2D eigenvalue weighted by atomic mass is 19.1. The van der Waals surface area contributed by atoms with Gasteiger partial charge < -0.3 is 25.5 Å². The summed E-state index contributed by atoms with van der Waals surface area (Å²) in [6.45, 7) is 4.35. The largest absolute Gasteiger partial charge is 0.457 e. The van der Waals surface area contributed by atoms with Gasteiger partial charge in [-0.05, 0) is 81.4 Å². The van der Waals surface area contributed by atoms with Crippen LogP contribution in [0.25, 0.3) is 11.3 Å². The lowest BCUT2D eigenvalue weighted by Crippen LogP contribution is -2.44. The van der Waals surface area contributed by atoms with Crippen molar-refractivity contribution in [1.29, 1.82) is 0 Å². The Balaban J connectivity index is 0.000000555. The van der Waals surface area contributed by atoms with Crippen LogP contribution in [0.2, 0.25) is 0 Å². The lowest BCUT2D eigenvalue weighted by Gasteiger charge is -2.16. The number of imidazole rings is 1. The van der Waals surface area contributed by atoms with Gasteiger partial charge in [-0.3, -0.25) is 9.59 Å². The van der Waals surface area contributed by atoms with Crippen LogP contribution < -0.4 is 15.4 Å². The molecule has 4 rings (SSSR count). The number of halogens is 1. The Morgan fingerprint density at radius 2 is 1.68 bits per heavy atom. The molecule has 4 aromatic rings. The van der Waals surface area contributed by atoms with Crippen molar-refractivity contribution in [2.45, 2.75) is 26.4 Å². The molecule has 0 saturated carbocycles. The Bertz CT molecular complexity index is 1300. The fraction of sp³-hybridized carbons (Fsp3) is 0.185. The van der Waals surface area contributed by atoms with E-state index in [0.717, 1.165) is 11.3 Å². The Labute approximate surface area is 213 Å². The van der Waals surface area contributed by atoms with Gasteiger partial charge in [-0.15, -0.1) is 0 Å². The summed E-state index contributed by atoms with van der Waals surface area (Å²) in [4.78, 5) is 34.7. The minimum absolute atomic E-state index is 0.288. The quantitative estimate of drug-likeness (QED) is 0.298. The van der Waals surface area contributed by atoms with Crippen LogP contribution in [0.5, 0.6) is 11.5 Å². The number of rotatable bonds is 7. The first kappa shape index (κ1) is 27.0. The molecule has 37 heavy (non-hydrogen) atoms. The van der Waals surface area contributed by atoms with Crippen molar-refractivity contribution < 1.29 is 23.8 Å². The summed E-state index contributed by atoms with van der Waals surface area (Å²) in [5.74, 6) is -0.0133. The zero-order valence-corrected chi connectivity index (χ0v) is 20.7. The van der Waals surface area contributed by atoms with Crippen LogP contribution in [-0.4, -0.2) is 44.0 Å². The Morgan fingerprint density at radius 3 is 2.22 bits per heavy atom. The molecule has 0 atom stereocenters. The highest BCUT2D eigenvalue weighted by molar-refractivity contribution is 5.95. The number of aliphatic hydroxyl groups is 1. The van der Waals surface area contributed by atoms with Gasteiger partial charge in [0.15, 0.2) is 0 Å². The number of nitrogens with zero attached hydrogens (tertiary/aromatic N) is 2. The second-order valence-corrected chi connectivity index (χ2v) is 8.51. The molecular weight excluding hydrogens is 477 g/mol. The van der Waals surface area contributed by atoms with E-state index in [1.54, 1.807) is 55.0 Å². The maximum absolute atomic E-state index is 13.0.